The van der Waals surface area contributed by atoms with Gasteiger partial charge in [-0.2, -0.15) is 11.3 Å². The van der Waals surface area contributed by atoms with Crippen molar-refractivity contribution in [2.24, 2.45) is 4.99 Å². The van der Waals surface area contributed by atoms with Gasteiger partial charge in [0, 0.05) is 13.1 Å². The van der Waals surface area contributed by atoms with E-state index in [0.717, 1.165) is 19.0 Å². The average Bonchev–Trinajstić information content (AvgIpc) is 2.96. The summed E-state index contributed by atoms with van der Waals surface area (Å²) in [7, 11) is 0. The van der Waals surface area contributed by atoms with E-state index in [2.05, 4.69) is 39.4 Å². The predicted molar refractivity (Wildman–Crippen MR) is 77.7 cm³/mol. The van der Waals surface area contributed by atoms with Crippen LogP contribution >= 0.6 is 11.3 Å². The zero-order chi connectivity index (χ0) is 13.3. The molecule has 5 nitrogen and oxygen atoms in total. The average molecular weight is 283 g/mol. The van der Waals surface area contributed by atoms with E-state index in [-0.39, 0.29) is 6.10 Å². The third kappa shape index (κ3) is 5.18. The summed E-state index contributed by atoms with van der Waals surface area (Å²) >= 11 is 1.69. The number of nitrogens with zero attached hydrogens (tertiary/aromatic N) is 1. The molecule has 2 N–H and O–H groups in total. The molecule has 0 bridgehead atoms. The summed E-state index contributed by atoms with van der Waals surface area (Å²) in [5.41, 5.74) is 1.24. The van der Waals surface area contributed by atoms with Crippen molar-refractivity contribution in [3.63, 3.8) is 0 Å². The molecule has 19 heavy (non-hydrogen) atoms. The zero-order valence-corrected chi connectivity index (χ0v) is 12.0. The van der Waals surface area contributed by atoms with E-state index in [9.17, 15) is 0 Å². The number of rotatable bonds is 5. The van der Waals surface area contributed by atoms with E-state index in [4.69, 9.17) is 9.47 Å². The van der Waals surface area contributed by atoms with E-state index >= 15 is 0 Å². The molecular formula is C13H21N3O2S. The van der Waals surface area contributed by atoms with E-state index in [1.165, 1.54) is 5.56 Å². The molecule has 0 radical (unpaired) electrons. The Labute approximate surface area is 118 Å². The van der Waals surface area contributed by atoms with Crippen molar-refractivity contribution in [2.75, 3.05) is 32.9 Å². The van der Waals surface area contributed by atoms with Crippen LogP contribution in [0.4, 0.5) is 0 Å². The standard InChI is InChI=1S/C13H21N3O2S/c1-2-14-13(15-7-11-3-6-19-10-11)16-8-12-9-17-4-5-18-12/h3,6,10,12H,2,4-5,7-9H2,1H3,(H2,14,15,16). The van der Waals surface area contributed by atoms with E-state index in [1.807, 2.05) is 0 Å². The summed E-state index contributed by atoms with van der Waals surface area (Å²) in [5, 5.41) is 10.7. The Bertz CT molecular complexity index is 375. The third-order valence-electron chi connectivity index (χ3n) is 2.73. The molecule has 1 atom stereocenters. The Morgan fingerprint density at radius 2 is 2.42 bits per heavy atom. The Hall–Kier alpha value is -1.11. The van der Waals surface area contributed by atoms with Crippen molar-refractivity contribution < 1.29 is 9.47 Å². The summed E-state index contributed by atoms with van der Waals surface area (Å²) in [6, 6.07) is 2.09. The zero-order valence-electron chi connectivity index (χ0n) is 11.2. The largest absolute Gasteiger partial charge is 0.376 e. The molecule has 1 saturated heterocycles. The summed E-state index contributed by atoms with van der Waals surface area (Å²) in [5.74, 6) is 0.822. The maximum atomic E-state index is 5.59. The Morgan fingerprint density at radius 1 is 1.47 bits per heavy atom. The van der Waals surface area contributed by atoms with Gasteiger partial charge < -0.3 is 20.1 Å². The molecular weight excluding hydrogens is 262 g/mol. The minimum Gasteiger partial charge on any atom is -0.376 e. The number of thiophene rings is 1. The van der Waals surface area contributed by atoms with Crippen LogP contribution in [0.3, 0.4) is 0 Å². The van der Waals surface area contributed by atoms with Crippen LogP contribution in [0.5, 0.6) is 0 Å². The molecule has 106 valence electrons. The van der Waals surface area contributed by atoms with Crippen LogP contribution in [0, 0.1) is 0 Å². The first kappa shape index (κ1) is 14.3. The van der Waals surface area contributed by atoms with Gasteiger partial charge in [-0.05, 0) is 29.3 Å². The van der Waals surface area contributed by atoms with Gasteiger partial charge in [0.2, 0.25) is 0 Å². The highest BCUT2D eigenvalue weighted by Gasteiger charge is 2.14. The molecule has 0 spiro atoms. The number of hydrogen-bond donors (Lipinski definition) is 2. The lowest BCUT2D eigenvalue weighted by atomic mass is 10.3. The molecule has 0 amide bonds. The maximum absolute atomic E-state index is 5.59. The number of hydrogen-bond acceptors (Lipinski definition) is 4. The van der Waals surface area contributed by atoms with Crippen LogP contribution in [0.1, 0.15) is 12.5 Å². The lowest BCUT2D eigenvalue weighted by molar-refractivity contribution is -0.0850. The molecule has 1 aliphatic rings. The van der Waals surface area contributed by atoms with Gasteiger partial charge in [-0.3, -0.25) is 0 Å². The molecule has 6 heteroatoms. The Morgan fingerprint density at radius 3 is 3.11 bits per heavy atom. The lowest BCUT2D eigenvalue weighted by Gasteiger charge is -2.24. The van der Waals surface area contributed by atoms with E-state index in [0.29, 0.717) is 26.4 Å². The quantitative estimate of drug-likeness (QED) is 0.630. The van der Waals surface area contributed by atoms with Crippen molar-refractivity contribution in [3.8, 4) is 0 Å². The Balaban J connectivity index is 1.79. The molecule has 1 unspecified atom stereocenters. The second-order valence-electron chi connectivity index (χ2n) is 4.28. The fourth-order valence-electron chi connectivity index (χ4n) is 1.76. The molecule has 2 rings (SSSR count). The smallest absolute Gasteiger partial charge is 0.191 e. The highest BCUT2D eigenvalue weighted by molar-refractivity contribution is 7.07. The number of ether oxygens (including phenoxy) is 2. The lowest BCUT2D eigenvalue weighted by Crippen LogP contribution is -2.44. The van der Waals surface area contributed by atoms with Crippen LogP contribution in [0.15, 0.2) is 21.8 Å². The van der Waals surface area contributed by atoms with Gasteiger partial charge in [-0.25, -0.2) is 4.99 Å². The second-order valence-corrected chi connectivity index (χ2v) is 5.06. The number of nitrogens with one attached hydrogen (secondary N) is 2. The SMILES string of the molecule is CCNC(=NCc1ccsc1)NCC1COCCO1. The minimum absolute atomic E-state index is 0.110. The van der Waals surface area contributed by atoms with Crippen LogP contribution in [-0.4, -0.2) is 45.0 Å². The van der Waals surface area contributed by atoms with Gasteiger partial charge >= 0.3 is 0 Å². The van der Waals surface area contributed by atoms with Gasteiger partial charge in [-0.15, -0.1) is 0 Å². The monoisotopic (exact) mass is 283 g/mol. The van der Waals surface area contributed by atoms with Crippen molar-refractivity contribution in [3.05, 3.63) is 22.4 Å². The first-order valence-corrected chi connectivity index (χ1v) is 7.55. The highest BCUT2D eigenvalue weighted by atomic mass is 32.1. The van der Waals surface area contributed by atoms with Crippen LogP contribution in [0.25, 0.3) is 0 Å². The fourth-order valence-corrected chi connectivity index (χ4v) is 2.42. The van der Waals surface area contributed by atoms with Crippen LogP contribution in [-0.2, 0) is 16.0 Å². The summed E-state index contributed by atoms with van der Waals surface area (Å²) in [4.78, 5) is 4.55. The number of guanidine groups is 1. The van der Waals surface area contributed by atoms with Gasteiger partial charge in [0.1, 0.15) is 0 Å². The summed E-state index contributed by atoms with van der Waals surface area (Å²) in [6.07, 6.45) is 0.110. The fraction of sp³-hybridized carbons (Fsp3) is 0.615. The van der Waals surface area contributed by atoms with Crippen molar-refractivity contribution in [1.82, 2.24) is 10.6 Å². The van der Waals surface area contributed by atoms with Gasteiger partial charge in [-0.1, -0.05) is 0 Å². The van der Waals surface area contributed by atoms with Crippen molar-refractivity contribution in [2.45, 2.75) is 19.6 Å². The Kier molecular flexibility index (Phi) is 6.13. The molecule has 0 saturated carbocycles. The minimum atomic E-state index is 0.110. The molecule has 0 aromatic carbocycles. The highest BCUT2D eigenvalue weighted by Crippen LogP contribution is 2.06. The normalized spacial score (nSPS) is 20.3. The van der Waals surface area contributed by atoms with Crippen molar-refractivity contribution in [1.29, 1.82) is 0 Å². The second kappa shape index (κ2) is 8.14. The molecule has 2 heterocycles. The van der Waals surface area contributed by atoms with E-state index in [1.54, 1.807) is 11.3 Å². The number of aliphatic imine (C=N–C) groups is 1. The van der Waals surface area contributed by atoms with Crippen LogP contribution < -0.4 is 10.6 Å². The molecule has 1 aliphatic heterocycles. The van der Waals surface area contributed by atoms with Gasteiger partial charge in [0.25, 0.3) is 0 Å². The van der Waals surface area contributed by atoms with Gasteiger partial charge in [0.15, 0.2) is 5.96 Å². The van der Waals surface area contributed by atoms with Gasteiger partial charge in [0.05, 0.1) is 32.5 Å². The predicted octanol–water partition coefficient (Wildman–Crippen LogP) is 1.22. The topological polar surface area (TPSA) is 54.9 Å². The summed E-state index contributed by atoms with van der Waals surface area (Å²) < 4.78 is 11.0. The van der Waals surface area contributed by atoms with Crippen molar-refractivity contribution >= 4 is 17.3 Å². The maximum Gasteiger partial charge on any atom is 0.191 e. The summed E-state index contributed by atoms with van der Waals surface area (Å²) in [6.45, 7) is 6.34. The first-order valence-electron chi connectivity index (χ1n) is 6.61. The molecule has 1 fully saturated rings. The third-order valence-corrected chi connectivity index (χ3v) is 3.46. The molecule has 1 aromatic rings. The van der Waals surface area contributed by atoms with E-state index < -0.39 is 0 Å². The molecule has 0 aliphatic carbocycles. The first-order chi connectivity index (χ1) is 9.38. The molecule has 1 aromatic heterocycles. The van der Waals surface area contributed by atoms with Crippen LogP contribution in [0.2, 0.25) is 0 Å².